The summed E-state index contributed by atoms with van der Waals surface area (Å²) in [7, 11) is 3.04. The van der Waals surface area contributed by atoms with Crippen LogP contribution in [0.15, 0.2) is 66.7 Å². The number of H-pyrrole nitrogens is 1. The monoisotopic (exact) mass is 711 g/mol. The van der Waals surface area contributed by atoms with Gasteiger partial charge in [-0.25, -0.2) is 9.59 Å². The fourth-order valence-corrected chi connectivity index (χ4v) is 6.48. The lowest BCUT2D eigenvalue weighted by molar-refractivity contribution is -0.120. The van der Waals surface area contributed by atoms with Gasteiger partial charge in [-0.15, -0.1) is 10.2 Å². The van der Waals surface area contributed by atoms with Crippen LogP contribution in [0.1, 0.15) is 67.9 Å². The van der Waals surface area contributed by atoms with Crippen LogP contribution in [0.3, 0.4) is 0 Å². The number of amides is 2. The number of carbonyl (C=O) groups is 3. The molecule has 0 saturated heterocycles. The van der Waals surface area contributed by atoms with Crippen molar-refractivity contribution in [3.8, 4) is 22.5 Å². The van der Waals surface area contributed by atoms with Crippen molar-refractivity contribution >= 4 is 23.7 Å². The van der Waals surface area contributed by atoms with E-state index in [0.717, 1.165) is 53.5 Å². The molecule has 0 aliphatic heterocycles. The number of nitrogens with zero attached hydrogens (tertiary/aromatic N) is 3. The highest BCUT2D eigenvalue weighted by molar-refractivity contribution is 5.95. The molecule has 5 rings (SSSR count). The van der Waals surface area contributed by atoms with E-state index in [2.05, 4.69) is 36.6 Å². The van der Waals surface area contributed by atoms with Gasteiger partial charge in [-0.3, -0.25) is 10.1 Å². The van der Waals surface area contributed by atoms with E-state index in [0.29, 0.717) is 36.0 Å². The van der Waals surface area contributed by atoms with E-state index in [-0.39, 0.29) is 24.0 Å². The van der Waals surface area contributed by atoms with E-state index in [1.54, 1.807) is 19.2 Å². The van der Waals surface area contributed by atoms with Crippen molar-refractivity contribution in [2.75, 3.05) is 26.1 Å². The third-order valence-corrected chi connectivity index (χ3v) is 9.32. The first-order valence-corrected chi connectivity index (χ1v) is 17.6. The third-order valence-electron chi connectivity index (χ3n) is 9.32. The molecule has 3 aromatic carbocycles. The van der Waals surface area contributed by atoms with Crippen LogP contribution in [0.2, 0.25) is 0 Å². The van der Waals surface area contributed by atoms with Crippen molar-refractivity contribution in [1.29, 1.82) is 0 Å². The second-order valence-electron chi connectivity index (χ2n) is 14.3. The van der Waals surface area contributed by atoms with Gasteiger partial charge in [-0.1, -0.05) is 36.4 Å². The van der Waals surface area contributed by atoms with E-state index in [1.807, 2.05) is 82.3 Å². The first-order chi connectivity index (χ1) is 24.9. The fraction of sp³-hybridized carbons (Fsp3) is 0.436. The molecule has 1 fully saturated rings. The highest BCUT2D eigenvalue weighted by Crippen LogP contribution is 2.32. The zero-order valence-electron chi connectivity index (χ0n) is 30.7. The van der Waals surface area contributed by atoms with Gasteiger partial charge in [-0.05, 0) is 129 Å². The number of aromatic nitrogens is 4. The zero-order chi connectivity index (χ0) is 37.3. The highest BCUT2D eigenvalue weighted by Gasteiger charge is 2.32. The van der Waals surface area contributed by atoms with Gasteiger partial charge in [0, 0.05) is 24.9 Å². The minimum Gasteiger partial charge on any atom is -0.465 e. The van der Waals surface area contributed by atoms with Gasteiger partial charge in [0.05, 0.1) is 18.7 Å². The van der Waals surface area contributed by atoms with Crippen molar-refractivity contribution in [3.63, 3.8) is 0 Å². The predicted molar refractivity (Wildman–Crippen MR) is 197 cm³/mol. The van der Waals surface area contributed by atoms with Crippen LogP contribution in [0.5, 0.6) is 0 Å². The number of hydrogen-bond acceptors (Lipinski definition) is 10. The average molecular weight is 712 g/mol. The summed E-state index contributed by atoms with van der Waals surface area (Å²) in [5.74, 6) is 0.409. The molecule has 52 heavy (non-hydrogen) atoms. The van der Waals surface area contributed by atoms with E-state index < -0.39 is 17.7 Å². The molecule has 2 atom stereocenters. The zero-order valence-corrected chi connectivity index (χ0v) is 30.7. The number of methoxy groups -OCH3 is 2. The number of anilines is 1. The number of rotatable bonds is 13. The van der Waals surface area contributed by atoms with Crippen LogP contribution in [0, 0.1) is 18.8 Å². The second-order valence-corrected chi connectivity index (χ2v) is 14.3. The van der Waals surface area contributed by atoms with Crippen molar-refractivity contribution in [1.82, 2.24) is 31.3 Å². The summed E-state index contributed by atoms with van der Waals surface area (Å²) in [6, 6.07) is 20.3. The van der Waals surface area contributed by atoms with Crippen molar-refractivity contribution in [2.24, 2.45) is 11.8 Å². The summed E-state index contributed by atoms with van der Waals surface area (Å²) in [5.41, 5.74) is 5.01. The Bertz CT molecular complexity index is 1780. The molecule has 4 N–H and O–H groups in total. The Kier molecular flexibility index (Phi) is 12.7. The van der Waals surface area contributed by atoms with Crippen molar-refractivity contribution in [2.45, 2.75) is 77.7 Å². The fourth-order valence-electron chi connectivity index (χ4n) is 6.48. The maximum absolute atomic E-state index is 14.0. The van der Waals surface area contributed by atoms with Gasteiger partial charge in [0.15, 0.2) is 0 Å². The number of nitrogens with one attached hydrogen (secondary N) is 4. The summed E-state index contributed by atoms with van der Waals surface area (Å²) in [6.45, 7) is 7.98. The first kappa shape index (κ1) is 38.1. The third kappa shape index (κ3) is 10.5. The molecular weight excluding hydrogens is 662 g/mol. The highest BCUT2D eigenvalue weighted by atomic mass is 16.6. The molecule has 1 aliphatic rings. The Morgan fingerprint density at radius 1 is 0.904 bits per heavy atom. The number of hydrogen-bond donors (Lipinski definition) is 4. The molecule has 0 radical (unpaired) electrons. The van der Waals surface area contributed by atoms with Crippen LogP contribution in [-0.4, -0.2) is 77.2 Å². The molecular formula is C39H49N7O6. The van der Waals surface area contributed by atoms with Gasteiger partial charge in [-0.2, -0.15) is 5.21 Å². The molecule has 4 aromatic rings. The van der Waals surface area contributed by atoms with Crippen LogP contribution < -0.4 is 16.0 Å². The van der Waals surface area contributed by atoms with Gasteiger partial charge >= 0.3 is 12.1 Å². The van der Waals surface area contributed by atoms with Crippen LogP contribution in [0.25, 0.3) is 22.5 Å². The smallest absolute Gasteiger partial charge is 0.407 e. The number of alkyl carbamates (subject to hydrolysis) is 1. The minimum absolute atomic E-state index is 0.181. The lowest BCUT2D eigenvalue weighted by Crippen LogP contribution is -2.51. The number of tetrazole rings is 1. The normalized spacial score (nSPS) is 17.1. The van der Waals surface area contributed by atoms with Crippen LogP contribution in [-0.2, 0) is 25.4 Å². The van der Waals surface area contributed by atoms with Crippen LogP contribution >= 0.6 is 0 Å². The summed E-state index contributed by atoms with van der Waals surface area (Å²) in [5, 5.41) is 23.6. The maximum atomic E-state index is 14.0. The Labute approximate surface area is 304 Å². The summed E-state index contributed by atoms with van der Waals surface area (Å²) >= 11 is 0. The summed E-state index contributed by atoms with van der Waals surface area (Å²) < 4.78 is 16.3. The van der Waals surface area contributed by atoms with Gasteiger partial charge in [0.2, 0.25) is 11.7 Å². The topological polar surface area (TPSA) is 169 Å². The molecule has 1 saturated carbocycles. The predicted octanol–water partition coefficient (Wildman–Crippen LogP) is 6.07. The Balaban J connectivity index is 1.28. The quantitative estimate of drug-likeness (QED) is 0.0943. The van der Waals surface area contributed by atoms with Gasteiger partial charge in [0.25, 0.3) is 0 Å². The molecule has 13 nitrogen and oxygen atoms in total. The van der Waals surface area contributed by atoms with E-state index in [4.69, 9.17) is 14.2 Å². The SMILES string of the molecule is COC(=O)c1cc(-c2ccc(CC(NC(OC)C3CCC(CNC(=O)OC(C)(C)C)CC3)C(=O)Nc3ccc(-c4nn[nH]n4)cc3)cc2)ccc1C. The largest absolute Gasteiger partial charge is 0.465 e. The summed E-state index contributed by atoms with van der Waals surface area (Å²) in [6.07, 6.45) is 3.26. The van der Waals surface area contributed by atoms with E-state index in [1.165, 1.54) is 7.11 Å². The molecule has 1 aromatic heterocycles. The van der Waals surface area contributed by atoms with Crippen molar-refractivity contribution < 1.29 is 28.6 Å². The Morgan fingerprint density at radius 2 is 1.58 bits per heavy atom. The number of benzene rings is 3. The Morgan fingerprint density at radius 3 is 2.19 bits per heavy atom. The van der Waals surface area contributed by atoms with Gasteiger partial charge < -0.3 is 24.8 Å². The molecule has 2 amide bonds. The summed E-state index contributed by atoms with van der Waals surface area (Å²) in [4.78, 5) is 38.4. The van der Waals surface area contributed by atoms with Gasteiger partial charge in [0.1, 0.15) is 11.8 Å². The maximum Gasteiger partial charge on any atom is 0.407 e. The van der Waals surface area contributed by atoms with Crippen molar-refractivity contribution in [3.05, 3.63) is 83.4 Å². The molecule has 0 bridgehead atoms. The number of esters is 1. The first-order valence-electron chi connectivity index (χ1n) is 17.6. The molecule has 0 spiro atoms. The lowest BCUT2D eigenvalue weighted by Gasteiger charge is -2.35. The van der Waals surface area contributed by atoms with Crippen LogP contribution in [0.4, 0.5) is 10.5 Å². The number of ether oxygens (including phenoxy) is 3. The molecule has 1 aliphatic carbocycles. The molecule has 276 valence electrons. The number of aryl methyl sites for hydroxylation is 1. The Hall–Kier alpha value is -5.14. The minimum atomic E-state index is -0.621. The number of aromatic amines is 1. The average Bonchev–Trinajstić information content (AvgIpc) is 3.68. The lowest BCUT2D eigenvalue weighted by atomic mass is 9.81. The molecule has 13 heteroatoms. The van der Waals surface area contributed by atoms with E-state index >= 15 is 0 Å². The molecule has 2 unspecified atom stereocenters. The van der Waals surface area contributed by atoms with E-state index in [9.17, 15) is 14.4 Å². The standard InChI is InChI=1S/C39H49N7O6/c1-24-7-12-30(22-32(24)37(48)51-6)27-13-8-25(9-14-27)21-33(35(47)41-31-19-17-28(18-20-31)34-43-45-46-44-34)42-36(50-5)29-15-10-26(11-16-29)23-40-38(49)52-39(2,3)4/h7-9,12-14,17-20,22,26,29,33,36,42H,10-11,15-16,21,23H2,1-6H3,(H,40,49)(H,41,47)(H,43,44,45,46). The second kappa shape index (κ2) is 17.4. The number of carbonyl (C=O) groups excluding carboxylic acids is 3. The molecule has 1 heterocycles.